The molecule has 0 aromatic heterocycles. The molecule has 0 heterocycles. The van der Waals surface area contributed by atoms with Gasteiger partial charge >= 0.3 is 0 Å². The Morgan fingerprint density at radius 1 is 0.917 bits per heavy atom. The van der Waals surface area contributed by atoms with E-state index in [0.29, 0.717) is 12.8 Å². The fourth-order valence-electron chi connectivity index (χ4n) is 0.341. The highest BCUT2D eigenvalue weighted by Gasteiger charge is 1.61. The first-order valence-corrected chi connectivity index (χ1v) is 3.79. The van der Waals surface area contributed by atoms with Crippen molar-refractivity contribution in [1.29, 1.82) is 10.5 Å². The molecule has 0 aromatic rings. The van der Waals surface area contributed by atoms with Crippen molar-refractivity contribution < 1.29 is 0 Å². The van der Waals surface area contributed by atoms with Crippen molar-refractivity contribution in [2.45, 2.75) is 26.7 Å². The molecule has 0 fully saturated rings. The standard InChI is InChI=1S/2C5H7N/c2*1-2-3-4-5-6/h2*2-3H,4H2,1H3/b3-2+;. The first kappa shape index (κ1) is 13.1. The van der Waals surface area contributed by atoms with Crippen molar-refractivity contribution in [3.63, 3.8) is 0 Å². The van der Waals surface area contributed by atoms with Crippen molar-refractivity contribution in [2.24, 2.45) is 0 Å². The number of nitriles is 2. The van der Waals surface area contributed by atoms with Crippen LogP contribution in [0.5, 0.6) is 0 Å². The molecule has 0 unspecified atom stereocenters. The van der Waals surface area contributed by atoms with Crippen LogP contribution in [-0.4, -0.2) is 0 Å². The van der Waals surface area contributed by atoms with Crippen LogP contribution < -0.4 is 0 Å². The van der Waals surface area contributed by atoms with Gasteiger partial charge in [-0.15, -0.1) is 0 Å². The molecule has 0 rings (SSSR count). The number of hydrogen-bond acceptors (Lipinski definition) is 2. The summed E-state index contributed by atoms with van der Waals surface area (Å²) < 4.78 is 0. The van der Waals surface area contributed by atoms with Crippen molar-refractivity contribution in [3.8, 4) is 12.1 Å². The second kappa shape index (κ2) is 16.2. The van der Waals surface area contributed by atoms with E-state index in [9.17, 15) is 0 Å². The molecule has 0 aliphatic rings. The van der Waals surface area contributed by atoms with E-state index in [4.69, 9.17) is 10.5 Å². The Labute approximate surface area is 74.4 Å². The second-order valence-corrected chi connectivity index (χ2v) is 1.86. The van der Waals surface area contributed by atoms with Crippen LogP contribution in [-0.2, 0) is 0 Å². The van der Waals surface area contributed by atoms with Gasteiger partial charge in [-0.1, -0.05) is 24.3 Å². The largest absolute Gasteiger partial charge is 0.198 e. The zero-order valence-corrected chi connectivity index (χ0v) is 7.62. The minimum absolute atomic E-state index is 0.538. The summed E-state index contributed by atoms with van der Waals surface area (Å²) in [6.45, 7) is 3.80. The Kier molecular flexibility index (Phi) is 17.7. The summed E-state index contributed by atoms with van der Waals surface area (Å²) in [5.74, 6) is 0. The van der Waals surface area contributed by atoms with Crippen LogP contribution in [0.25, 0.3) is 0 Å². The molecule has 0 aliphatic heterocycles. The Hall–Kier alpha value is -1.54. The number of nitrogens with zero attached hydrogens (tertiary/aromatic N) is 2. The van der Waals surface area contributed by atoms with E-state index in [1.807, 2.05) is 50.3 Å². The predicted octanol–water partition coefficient (Wildman–Crippen LogP) is 2.95. The fourth-order valence-corrected chi connectivity index (χ4v) is 0.341. The molecular formula is C10H14N2. The lowest BCUT2D eigenvalue weighted by Gasteiger charge is -1.63. The van der Waals surface area contributed by atoms with Gasteiger partial charge in [-0.05, 0) is 13.8 Å². The maximum absolute atomic E-state index is 7.90. The zero-order chi connectivity index (χ0) is 9.66. The van der Waals surface area contributed by atoms with Gasteiger partial charge in [0.2, 0.25) is 0 Å². The summed E-state index contributed by atoms with van der Waals surface area (Å²) >= 11 is 0. The SMILES string of the molecule is C/C=C/CC#N.CC=CCC#N. The smallest absolute Gasteiger partial charge is 0.0663 e. The third kappa shape index (κ3) is 23.7. The minimum Gasteiger partial charge on any atom is -0.198 e. The zero-order valence-electron chi connectivity index (χ0n) is 7.62. The topological polar surface area (TPSA) is 47.6 Å². The van der Waals surface area contributed by atoms with Gasteiger partial charge in [0, 0.05) is 0 Å². The molecule has 0 aromatic carbocycles. The highest BCUT2D eigenvalue weighted by Crippen LogP contribution is 1.74. The number of allylic oxidation sites excluding steroid dienone is 4. The third-order valence-electron chi connectivity index (χ3n) is 0.890. The van der Waals surface area contributed by atoms with Gasteiger partial charge in [-0.3, -0.25) is 0 Å². The highest BCUT2D eigenvalue weighted by atomic mass is 14.2. The Morgan fingerprint density at radius 3 is 1.33 bits per heavy atom. The predicted molar refractivity (Wildman–Crippen MR) is 50.1 cm³/mol. The van der Waals surface area contributed by atoms with Gasteiger partial charge in [-0.2, -0.15) is 10.5 Å². The van der Waals surface area contributed by atoms with Crippen LogP contribution in [0.4, 0.5) is 0 Å². The lowest BCUT2D eigenvalue weighted by Crippen LogP contribution is -1.49. The number of rotatable bonds is 2. The first-order chi connectivity index (χ1) is 5.83. The van der Waals surface area contributed by atoms with Crippen LogP contribution in [0, 0.1) is 22.7 Å². The van der Waals surface area contributed by atoms with Gasteiger partial charge in [0.15, 0.2) is 0 Å². The molecule has 2 heteroatoms. The lowest BCUT2D eigenvalue weighted by atomic mass is 10.4. The highest BCUT2D eigenvalue weighted by molar-refractivity contribution is 4.88. The Balaban J connectivity index is 0. The summed E-state index contributed by atoms with van der Waals surface area (Å²) in [7, 11) is 0. The first-order valence-electron chi connectivity index (χ1n) is 3.79. The molecule has 0 N–H and O–H groups in total. The van der Waals surface area contributed by atoms with Gasteiger partial charge in [0.25, 0.3) is 0 Å². The Morgan fingerprint density at radius 2 is 1.25 bits per heavy atom. The molecule has 0 aliphatic carbocycles. The maximum Gasteiger partial charge on any atom is 0.0663 e. The minimum atomic E-state index is 0.538. The van der Waals surface area contributed by atoms with Gasteiger partial charge in [0.05, 0.1) is 25.0 Å². The molecule has 0 saturated carbocycles. The summed E-state index contributed by atoms with van der Waals surface area (Å²) in [5.41, 5.74) is 0. The normalized spacial score (nSPS) is 8.67. The molecular weight excluding hydrogens is 148 g/mol. The van der Waals surface area contributed by atoms with Gasteiger partial charge in [0.1, 0.15) is 0 Å². The third-order valence-corrected chi connectivity index (χ3v) is 0.890. The average molecular weight is 162 g/mol. The molecule has 0 bridgehead atoms. The lowest BCUT2D eigenvalue weighted by molar-refractivity contribution is 1.34. The van der Waals surface area contributed by atoms with Crippen LogP contribution in [0.3, 0.4) is 0 Å². The van der Waals surface area contributed by atoms with E-state index in [0.717, 1.165) is 0 Å². The van der Waals surface area contributed by atoms with Crippen LogP contribution >= 0.6 is 0 Å². The summed E-state index contributed by atoms with van der Waals surface area (Å²) in [6.07, 6.45) is 8.44. The summed E-state index contributed by atoms with van der Waals surface area (Å²) in [4.78, 5) is 0. The van der Waals surface area contributed by atoms with Crippen molar-refractivity contribution in [3.05, 3.63) is 24.3 Å². The van der Waals surface area contributed by atoms with E-state index in [2.05, 4.69) is 0 Å². The molecule has 0 saturated heterocycles. The fraction of sp³-hybridized carbons (Fsp3) is 0.400. The van der Waals surface area contributed by atoms with Crippen molar-refractivity contribution in [1.82, 2.24) is 0 Å². The van der Waals surface area contributed by atoms with E-state index >= 15 is 0 Å². The molecule has 0 atom stereocenters. The van der Waals surface area contributed by atoms with Crippen LogP contribution in [0.1, 0.15) is 26.7 Å². The number of hydrogen-bond donors (Lipinski definition) is 0. The van der Waals surface area contributed by atoms with Crippen molar-refractivity contribution >= 4 is 0 Å². The van der Waals surface area contributed by atoms with E-state index in [-0.39, 0.29) is 0 Å². The quantitative estimate of drug-likeness (QED) is 0.586. The molecule has 0 radical (unpaired) electrons. The van der Waals surface area contributed by atoms with Crippen LogP contribution in [0.2, 0.25) is 0 Å². The monoisotopic (exact) mass is 162 g/mol. The van der Waals surface area contributed by atoms with Gasteiger partial charge < -0.3 is 0 Å². The molecule has 64 valence electrons. The second-order valence-electron chi connectivity index (χ2n) is 1.86. The average Bonchev–Trinajstić information content (AvgIpc) is 2.12. The van der Waals surface area contributed by atoms with E-state index in [1.54, 1.807) is 0 Å². The van der Waals surface area contributed by atoms with E-state index < -0.39 is 0 Å². The Bertz CT molecular complexity index is 177. The maximum atomic E-state index is 7.90. The van der Waals surface area contributed by atoms with Crippen molar-refractivity contribution in [2.75, 3.05) is 0 Å². The van der Waals surface area contributed by atoms with Crippen LogP contribution in [0.15, 0.2) is 24.3 Å². The van der Waals surface area contributed by atoms with E-state index in [1.165, 1.54) is 0 Å². The molecule has 2 nitrogen and oxygen atoms in total. The molecule has 0 spiro atoms. The van der Waals surface area contributed by atoms with Gasteiger partial charge in [-0.25, -0.2) is 0 Å². The molecule has 0 amide bonds. The summed E-state index contributed by atoms with van der Waals surface area (Å²) in [5, 5.41) is 15.8. The summed E-state index contributed by atoms with van der Waals surface area (Å²) in [6, 6.07) is 3.96. The molecule has 12 heavy (non-hydrogen) atoms.